The van der Waals surface area contributed by atoms with Crippen LogP contribution >= 0.6 is 11.6 Å². The molecule has 6 heteroatoms. The van der Waals surface area contributed by atoms with Gasteiger partial charge in [-0.25, -0.2) is 0 Å². The average Bonchev–Trinajstić information content (AvgIpc) is 3.23. The number of pyridine rings is 1. The predicted octanol–water partition coefficient (Wildman–Crippen LogP) is 4.51. The zero-order valence-electron chi connectivity index (χ0n) is 14.8. The summed E-state index contributed by atoms with van der Waals surface area (Å²) >= 11 is 6.19. The van der Waals surface area contributed by atoms with Crippen molar-refractivity contribution in [3.63, 3.8) is 0 Å². The van der Waals surface area contributed by atoms with E-state index in [-0.39, 0.29) is 12.5 Å². The van der Waals surface area contributed by atoms with Gasteiger partial charge in [0.25, 0.3) is 5.91 Å². The first-order chi connectivity index (χ1) is 13.2. The SMILES string of the molecule is O=C(COc1ccc(Cl)c2cccnc12)Nc1cccc(N2CCCC2)c1. The summed E-state index contributed by atoms with van der Waals surface area (Å²) in [6.07, 6.45) is 4.11. The van der Waals surface area contributed by atoms with Crippen LogP contribution in [0.15, 0.2) is 54.7 Å². The molecule has 4 rings (SSSR count). The van der Waals surface area contributed by atoms with Gasteiger partial charge in [-0.2, -0.15) is 0 Å². The van der Waals surface area contributed by atoms with E-state index in [2.05, 4.69) is 21.3 Å². The summed E-state index contributed by atoms with van der Waals surface area (Å²) in [5.41, 5.74) is 2.56. The number of nitrogens with one attached hydrogen (secondary N) is 1. The Morgan fingerprint density at radius 2 is 2.00 bits per heavy atom. The van der Waals surface area contributed by atoms with Gasteiger partial charge in [-0.3, -0.25) is 9.78 Å². The summed E-state index contributed by atoms with van der Waals surface area (Å²) in [6, 6.07) is 15.1. The molecule has 5 nitrogen and oxygen atoms in total. The van der Waals surface area contributed by atoms with Gasteiger partial charge in [-0.15, -0.1) is 0 Å². The highest BCUT2D eigenvalue weighted by atomic mass is 35.5. The number of benzene rings is 2. The summed E-state index contributed by atoms with van der Waals surface area (Å²) in [5.74, 6) is 0.323. The minimum absolute atomic E-state index is 0.0960. The van der Waals surface area contributed by atoms with E-state index < -0.39 is 0 Å². The van der Waals surface area contributed by atoms with Gasteiger partial charge in [0, 0.05) is 36.0 Å². The molecular weight excluding hydrogens is 362 g/mol. The van der Waals surface area contributed by atoms with Crippen molar-refractivity contribution in [3.05, 3.63) is 59.8 Å². The Labute approximate surface area is 162 Å². The standard InChI is InChI=1S/C21H20ClN3O2/c22-18-8-9-19(21-17(18)7-4-10-23-21)27-14-20(26)24-15-5-3-6-16(13-15)25-11-1-2-12-25/h3-10,13H,1-2,11-12,14H2,(H,24,26). The highest BCUT2D eigenvalue weighted by molar-refractivity contribution is 6.35. The van der Waals surface area contributed by atoms with Crippen LogP contribution in [0.2, 0.25) is 5.02 Å². The summed E-state index contributed by atoms with van der Waals surface area (Å²) in [5, 5.41) is 4.30. The second-order valence-corrected chi connectivity index (χ2v) is 6.93. The molecule has 0 saturated carbocycles. The van der Waals surface area contributed by atoms with Crippen molar-refractivity contribution < 1.29 is 9.53 Å². The number of carbonyl (C=O) groups excluding carboxylic acids is 1. The van der Waals surface area contributed by atoms with Crippen molar-refractivity contribution in [1.29, 1.82) is 0 Å². The number of halogens is 1. The number of anilines is 2. The van der Waals surface area contributed by atoms with Crippen LogP contribution in [-0.4, -0.2) is 30.6 Å². The molecule has 0 radical (unpaired) electrons. The van der Waals surface area contributed by atoms with Crippen LogP contribution in [0.3, 0.4) is 0 Å². The summed E-state index contributed by atoms with van der Waals surface area (Å²) < 4.78 is 5.69. The van der Waals surface area contributed by atoms with E-state index in [1.54, 1.807) is 18.3 Å². The van der Waals surface area contributed by atoms with Crippen molar-refractivity contribution >= 4 is 39.8 Å². The molecule has 0 atom stereocenters. The molecule has 0 aliphatic carbocycles. The van der Waals surface area contributed by atoms with E-state index in [0.29, 0.717) is 16.3 Å². The van der Waals surface area contributed by atoms with Crippen LogP contribution < -0.4 is 15.0 Å². The summed E-state index contributed by atoms with van der Waals surface area (Å²) in [6.45, 7) is 2.04. The number of hydrogen-bond acceptors (Lipinski definition) is 4. The Hall–Kier alpha value is -2.79. The lowest BCUT2D eigenvalue weighted by atomic mass is 10.2. The lowest BCUT2D eigenvalue weighted by Gasteiger charge is -2.18. The fraction of sp³-hybridized carbons (Fsp3) is 0.238. The van der Waals surface area contributed by atoms with Crippen molar-refractivity contribution in [3.8, 4) is 5.75 Å². The molecule has 3 aromatic rings. The number of amides is 1. The van der Waals surface area contributed by atoms with Crippen molar-refractivity contribution in [2.45, 2.75) is 12.8 Å². The topological polar surface area (TPSA) is 54.5 Å². The summed E-state index contributed by atoms with van der Waals surface area (Å²) in [7, 11) is 0. The van der Waals surface area contributed by atoms with Gasteiger partial charge in [0.15, 0.2) is 6.61 Å². The van der Waals surface area contributed by atoms with Gasteiger partial charge < -0.3 is 15.0 Å². The molecule has 0 bridgehead atoms. The Balaban J connectivity index is 1.42. The lowest BCUT2D eigenvalue weighted by Crippen LogP contribution is -2.21. The number of carbonyl (C=O) groups is 1. The van der Waals surface area contributed by atoms with Crippen LogP contribution in [0, 0.1) is 0 Å². The smallest absolute Gasteiger partial charge is 0.262 e. The monoisotopic (exact) mass is 381 g/mol. The maximum Gasteiger partial charge on any atom is 0.262 e. The van der Waals surface area contributed by atoms with Gasteiger partial charge in [-0.05, 0) is 55.3 Å². The van der Waals surface area contributed by atoms with Crippen LogP contribution in [0.1, 0.15) is 12.8 Å². The third kappa shape index (κ3) is 3.98. The average molecular weight is 382 g/mol. The Kier molecular flexibility index (Phi) is 5.12. The highest BCUT2D eigenvalue weighted by Crippen LogP contribution is 2.29. The van der Waals surface area contributed by atoms with Crippen LogP contribution in [0.25, 0.3) is 10.9 Å². The number of rotatable bonds is 5. The zero-order chi connectivity index (χ0) is 18.6. The molecule has 1 aliphatic heterocycles. The minimum atomic E-state index is -0.215. The van der Waals surface area contributed by atoms with Crippen LogP contribution in [-0.2, 0) is 4.79 Å². The van der Waals surface area contributed by atoms with E-state index in [1.807, 2.05) is 30.3 Å². The zero-order valence-corrected chi connectivity index (χ0v) is 15.6. The maximum absolute atomic E-state index is 12.3. The molecule has 1 aromatic heterocycles. The summed E-state index contributed by atoms with van der Waals surface area (Å²) in [4.78, 5) is 19.0. The van der Waals surface area contributed by atoms with Gasteiger partial charge in [0.05, 0.1) is 5.02 Å². The molecule has 1 fully saturated rings. The maximum atomic E-state index is 12.3. The van der Waals surface area contributed by atoms with E-state index in [1.165, 1.54) is 12.8 Å². The van der Waals surface area contributed by atoms with E-state index >= 15 is 0 Å². The van der Waals surface area contributed by atoms with Gasteiger partial charge >= 0.3 is 0 Å². The molecule has 1 N–H and O–H groups in total. The molecule has 1 amide bonds. The first-order valence-electron chi connectivity index (χ1n) is 9.01. The van der Waals surface area contributed by atoms with Crippen molar-refractivity contribution in [2.75, 3.05) is 29.9 Å². The number of fused-ring (bicyclic) bond motifs is 1. The fourth-order valence-electron chi connectivity index (χ4n) is 3.32. The largest absolute Gasteiger partial charge is 0.481 e. The first kappa shape index (κ1) is 17.6. The Morgan fingerprint density at radius 3 is 2.85 bits per heavy atom. The fourth-order valence-corrected chi connectivity index (χ4v) is 3.54. The molecule has 1 saturated heterocycles. The number of aromatic nitrogens is 1. The van der Waals surface area contributed by atoms with E-state index in [4.69, 9.17) is 16.3 Å². The van der Waals surface area contributed by atoms with Crippen molar-refractivity contribution in [1.82, 2.24) is 4.98 Å². The van der Waals surface area contributed by atoms with Crippen molar-refractivity contribution in [2.24, 2.45) is 0 Å². The molecule has 2 aromatic carbocycles. The molecule has 138 valence electrons. The Morgan fingerprint density at radius 1 is 1.15 bits per heavy atom. The van der Waals surface area contributed by atoms with E-state index in [9.17, 15) is 4.79 Å². The second kappa shape index (κ2) is 7.84. The molecule has 1 aliphatic rings. The molecule has 0 unspecified atom stereocenters. The third-order valence-electron chi connectivity index (χ3n) is 4.64. The quantitative estimate of drug-likeness (QED) is 0.706. The number of ether oxygens (including phenoxy) is 1. The van der Waals surface area contributed by atoms with Crippen LogP contribution in [0.5, 0.6) is 5.75 Å². The number of hydrogen-bond donors (Lipinski definition) is 1. The van der Waals surface area contributed by atoms with Gasteiger partial charge in [-0.1, -0.05) is 17.7 Å². The molecule has 0 spiro atoms. The Bertz CT molecular complexity index is 971. The number of nitrogens with zero attached hydrogens (tertiary/aromatic N) is 2. The third-order valence-corrected chi connectivity index (χ3v) is 4.97. The van der Waals surface area contributed by atoms with Gasteiger partial charge in [0.2, 0.25) is 0 Å². The molecule has 2 heterocycles. The lowest BCUT2D eigenvalue weighted by molar-refractivity contribution is -0.118. The van der Waals surface area contributed by atoms with Crippen LogP contribution in [0.4, 0.5) is 11.4 Å². The normalized spacial score (nSPS) is 13.7. The van der Waals surface area contributed by atoms with Gasteiger partial charge in [0.1, 0.15) is 11.3 Å². The van der Waals surface area contributed by atoms with E-state index in [0.717, 1.165) is 29.9 Å². The first-order valence-corrected chi connectivity index (χ1v) is 9.39. The highest BCUT2D eigenvalue weighted by Gasteiger charge is 2.13. The molecular formula is C21H20ClN3O2. The second-order valence-electron chi connectivity index (χ2n) is 6.53. The minimum Gasteiger partial charge on any atom is -0.481 e. The predicted molar refractivity (Wildman–Crippen MR) is 109 cm³/mol. The molecule has 27 heavy (non-hydrogen) atoms.